The lowest BCUT2D eigenvalue weighted by Crippen LogP contribution is -2.49. The Morgan fingerprint density at radius 2 is 2.00 bits per heavy atom. The molecule has 4 nitrogen and oxygen atoms in total. The van der Waals surface area contributed by atoms with Gasteiger partial charge in [-0.05, 0) is 5.92 Å². The molecule has 1 fully saturated rings. The highest BCUT2D eigenvalue weighted by atomic mass is 16.2. The summed E-state index contributed by atoms with van der Waals surface area (Å²) in [5, 5.41) is 0. The number of hydrogen-bond acceptors (Lipinski definition) is 3. The number of piperazine rings is 1. The summed E-state index contributed by atoms with van der Waals surface area (Å²) in [5.74, 6) is 1.92. The predicted molar refractivity (Wildman–Crippen MR) is 50.9 cm³/mol. The van der Waals surface area contributed by atoms with Crippen LogP contribution in [0.5, 0.6) is 0 Å². The Labute approximate surface area is 78.7 Å². The summed E-state index contributed by atoms with van der Waals surface area (Å²) in [5.41, 5.74) is 5.43. The number of nitrogens with two attached hydrogens (primary N) is 1. The number of hydrogen-bond donors (Lipinski definition) is 1. The monoisotopic (exact) mass is 181 g/mol. The third-order valence-corrected chi connectivity index (χ3v) is 2.23. The molecular weight excluding hydrogens is 166 g/mol. The van der Waals surface area contributed by atoms with Crippen LogP contribution in [-0.2, 0) is 4.79 Å². The highest BCUT2D eigenvalue weighted by molar-refractivity contribution is 5.92. The minimum absolute atomic E-state index is 0.201. The number of rotatable bonds is 2. The fraction of sp³-hybridized carbons (Fsp3) is 0.667. The van der Waals surface area contributed by atoms with Crippen LogP contribution in [0.3, 0.4) is 0 Å². The van der Waals surface area contributed by atoms with Crippen LogP contribution >= 0.6 is 0 Å². The van der Waals surface area contributed by atoms with E-state index in [1.807, 2.05) is 0 Å². The van der Waals surface area contributed by atoms with Crippen LogP contribution in [-0.4, -0.2) is 55.0 Å². The van der Waals surface area contributed by atoms with E-state index in [1.54, 1.807) is 4.90 Å². The van der Waals surface area contributed by atoms with E-state index in [0.717, 1.165) is 32.7 Å². The fourth-order valence-corrected chi connectivity index (χ4v) is 1.45. The summed E-state index contributed by atoms with van der Waals surface area (Å²) in [6.07, 6.45) is 5.02. The van der Waals surface area contributed by atoms with Gasteiger partial charge in [-0.1, -0.05) is 0 Å². The maximum Gasteiger partial charge on any atom is 0.298 e. The van der Waals surface area contributed by atoms with Crippen LogP contribution in [0.25, 0.3) is 0 Å². The Morgan fingerprint density at radius 1 is 1.38 bits per heavy atom. The SMILES string of the molecule is C#CC(=O)N1CCN(CCN)CC1. The molecule has 13 heavy (non-hydrogen) atoms. The summed E-state index contributed by atoms with van der Waals surface area (Å²) in [7, 11) is 0. The first kappa shape index (κ1) is 10.0. The molecule has 4 heteroatoms. The molecule has 0 bridgehead atoms. The molecule has 0 aliphatic carbocycles. The zero-order chi connectivity index (χ0) is 9.68. The van der Waals surface area contributed by atoms with Crippen molar-refractivity contribution in [3.8, 4) is 12.3 Å². The zero-order valence-corrected chi connectivity index (χ0v) is 7.70. The average Bonchev–Trinajstić information content (AvgIpc) is 2.18. The second kappa shape index (κ2) is 4.85. The summed E-state index contributed by atoms with van der Waals surface area (Å²) >= 11 is 0. The lowest BCUT2D eigenvalue weighted by Gasteiger charge is -2.33. The second-order valence-corrected chi connectivity index (χ2v) is 3.07. The van der Waals surface area contributed by atoms with E-state index >= 15 is 0 Å². The first-order chi connectivity index (χ1) is 6.27. The fourth-order valence-electron chi connectivity index (χ4n) is 1.45. The summed E-state index contributed by atoms with van der Waals surface area (Å²) < 4.78 is 0. The van der Waals surface area contributed by atoms with Gasteiger partial charge in [0, 0.05) is 39.3 Å². The molecule has 1 amide bonds. The lowest BCUT2D eigenvalue weighted by atomic mass is 10.3. The number of carbonyl (C=O) groups excluding carboxylic acids is 1. The molecule has 1 aliphatic heterocycles. The van der Waals surface area contributed by atoms with E-state index in [4.69, 9.17) is 12.2 Å². The molecule has 72 valence electrons. The molecule has 1 rings (SSSR count). The van der Waals surface area contributed by atoms with Gasteiger partial charge in [0.05, 0.1) is 0 Å². The smallest absolute Gasteiger partial charge is 0.298 e. The molecular formula is C9H15N3O. The Hall–Kier alpha value is -1.05. The maximum absolute atomic E-state index is 11.1. The summed E-state index contributed by atoms with van der Waals surface area (Å²) in [6, 6.07) is 0. The van der Waals surface area contributed by atoms with Crippen LogP contribution in [0, 0.1) is 12.3 Å². The largest absolute Gasteiger partial charge is 0.329 e. The first-order valence-corrected chi connectivity index (χ1v) is 4.46. The summed E-state index contributed by atoms with van der Waals surface area (Å²) in [4.78, 5) is 15.0. The molecule has 1 aliphatic rings. The van der Waals surface area contributed by atoms with Gasteiger partial charge in [-0.15, -0.1) is 6.42 Å². The normalized spacial score (nSPS) is 18.3. The van der Waals surface area contributed by atoms with Crippen molar-refractivity contribution in [3.05, 3.63) is 0 Å². The van der Waals surface area contributed by atoms with Crippen LogP contribution in [0.4, 0.5) is 0 Å². The van der Waals surface area contributed by atoms with Crippen molar-refractivity contribution in [1.29, 1.82) is 0 Å². The van der Waals surface area contributed by atoms with E-state index in [-0.39, 0.29) is 5.91 Å². The van der Waals surface area contributed by atoms with Crippen molar-refractivity contribution >= 4 is 5.91 Å². The van der Waals surface area contributed by atoms with Crippen LogP contribution in [0.1, 0.15) is 0 Å². The molecule has 0 aromatic carbocycles. The standard InChI is InChI=1S/C9H15N3O/c1-2-9(13)12-7-5-11(4-3-10)6-8-12/h1H,3-8,10H2. The third-order valence-electron chi connectivity index (χ3n) is 2.23. The Bertz CT molecular complexity index is 213. The molecule has 0 saturated carbocycles. The molecule has 2 N–H and O–H groups in total. The van der Waals surface area contributed by atoms with Gasteiger partial charge in [-0.3, -0.25) is 9.69 Å². The van der Waals surface area contributed by atoms with Gasteiger partial charge in [0.25, 0.3) is 5.91 Å². The maximum atomic E-state index is 11.1. The van der Waals surface area contributed by atoms with Gasteiger partial charge in [0.1, 0.15) is 0 Å². The van der Waals surface area contributed by atoms with Crippen LogP contribution < -0.4 is 5.73 Å². The molecule has 0 atom stereocenters. The number of carbonyl (C=O) groups is 1. The highest BCUT2D eigenvalue weighted by Gasteiger charge is 2.18. The highest BCUT2D eigenvalue weighted by Crippen LogP contribution is 2.00. The molecule has 0 aromatic heterocycles. The number of terminal acetylenes is 1. The molecule has 0 unspecified atom stereocenters. The van der Waals surface area contributed by atoms with Crippen molar-refractivity contribution in [2.45, 2.75) is 0 Å². The molecule has 0 spiro atoms. The van der Waals surface area contributed by atoms with E-state index in [2.05, 4.69) is 10.8 Å². The van der Waals surface area contributed by atoms with Crippen LogP contribution in [0.2, 0.25) is 0 Å². The van der Waals surface area contributed by atoms with Gasteiger partial charge >= 0.3 is 0 Å². The van der Waals surface area contributed by atoms with Crippen molar-refractivity contribution in [3.63, 3.8) is 0 Å². The Balaban J connectivity index is 2.31. The Morgan fingerprint density at radius 3 is 2.46 bits per heavy atom. The minimum atomic E-state index is -0.201. The topological polar surface area (TPSA) is 49.6 Å². The Kier molecular flexibility index (Phi) is 3.74. The molecule has 1 heterocycles. The quantitative estimate of drug-likeness (QED) is 0.540. The van der Waals surface area contributed by atoms with E-state index in [0.29, 0.717) is 6.54 Å². The molecule has 0 radical (unpaired) electrons. The second-order valence-electron chi connectivity index (χ2n) is 3.07. The first-order valence-electron chi connectivity index (χ1n) is 4.46. The molecule has 0 aromatic rings. The van der Waals surface area contributed by atoms with Crippen LogP contribution in [0.15, 0.2) is 0 Å². The number of nitrogens with zero attached hydrogens (tertiary/aromatic N) is 2. The van der Waals surface area contributed by atoms with Gasteiger partial charge in [-0.25, -0.2) is 0 Å². The third kappa shape index (κ3) is 2.72. The zero-order valence-electron chi connectivity index (χ0n) is 7.70. The van der Waals surface area contributed by atoms with E-state index in [1.165, 1.54) is 0 Å². The van der Waals surface area contributed by atoms with Crippen molar-refractivity contribution in [2.75, 3.05) is 39.3 Å². The van der Waals surface area contributed by atoms with E-state index < -0.39 is 0 Å². The average molecular weight is 181 g/mol. The van der Waals surface area contributed by atoms with Crippen molar-refractivity contribution < 1.29 is 4.79 Å². The van der Waals surface area contributed by atoms with Gasteiger partial charge in [-0.2, -0.15) is 0 Å². The lowest BCUT2D eigenvalue weighted by molar-refractivity contribution is -0.126. The van der Waals surface area contributed by atoms with Crippen molar-refractivity contribution in [1.82, 2.24) is 9.80 Å². The predicted octanol–water partition coefficient (Wildman–Crippen LogP) is -1.28. The summed E-state index contributed by atoms with van der Waals surface area (Å²) in [6.45, 7) is 4.78. The molecule has 1 saturated heterocycles. The van der Waals surface area contributed by atoms with Crippen molar-refractivity contribution in [2.24, 2.45) is 5.73 Å². The minimum Gasteiger partial charge on any atom is -0.329 e. The number of amides is 1. The van der Waals surface area contributed by atoms with E-state index in [9.17, 15) is 4.79 Å². The van der Waals surface area contributed by atoms with Gasteiger partial charge in [0.15, 0.2) is 0 Å². The van der Waals surface area contributed by atoms with Gasteiger partial charge < -0.3 is 10.6 Å². The van der Waals surface area contributed by atoms with Gasteiger partial charge in [0.2, 0.25) is 0 Å².